The molecule has 2 aliphatic rings. The van der Waals surface area contributed by atoms with E-state index in [4.69, 9.17) is 33.2 Å². The third-order valence-electron chi connectivity index (χ3n) is 5.64. The molecule has 0 aliphatic carbocycles. The Morgan fingerprint density at radius 1 is 0.489 bits per heavy atom. The van der Waals surface area contributed by atoms with Crippen LogP contribution in [0, 0.1) is 0 Å². The summed E-state index contributed by atoms with van der Waals surface area (Å²) in [5.41, 5.74) is 0. The van der Waals surface area contributed by atoms with E-state index in [-0.39, 0.29) is 125 Å². The Balaban J connectivity index is -0.00000484. The molecular formula is C16H26Na4O23S4. The topological polar surface area (TPSA) is 330 Å². The molecule has 256 valence electrons. The summed E-state index contributed by atoms with van der Waals surface area (Å²) in [7, 11) is -18.7. The van der Waals surface area contributed by atoms with Gasteiger partial charge in [-0.3, -0.25) is 16.7 Å². The molecule has 2 fully saturated rings. The van der Waals surface area contributed by atoms with Gasteiger partial charge >= 0.3 is 118 Å². The normalized spacial score (nSPS) is 31.7. The van der Waals surface area contributed by atoms with E-state index in [0.717, 1.165) is 21.3 Å². The molecular weight excluding hydrogens is 780 g/mol. The van der Waals surface area contributed by atoms with Crippen molar-refractivity contribution < 1.29 is 220 Å². The number of rotatable bonds is 16. The number of methoxy groups -OCH3 is 4. The molecule has 2 saturated heterocycles. The summed E-state index contributed by atoms with van der Waals surface area (Å²) in [6, 6.07) is 0. The van der Waals surface area contributed by atoms with Crippen LogP contribution in [0.25, 0.3) is 0 Å². The predicted molar refractivity (Wildman–Crippen MR) is 122 cm³/mol. The Hall–Kier alpha value is 3.20. The van der Waals surface area contributed by atoms with Gasteiger partial charge in [0, 0.05) is 28.4 Å². The van der Waals surface area contributed by atoms with Crippen LogP contribution >= 0.6 is 0 Å². The van der Waals surface area contributed by atoms with Gasteiger partial charge in [0.25, 0.3) is 0 Å². The monoisotopic (exact) mass is 806 g/mol. The first-order valence-electron chi connectivity index (χ1n) is 11.2. The van der Waals surface area contributed by atoms with Crippen molar-refractivity contribution in [2.24, 2.45) is 0 Å². The summed E-state index contributed by atoms with van der Waals surface area (Å²) in [6.45, 7) is -1.74. The van der Waals surface area contributed by atoms with Gasteiger partial charge < -0.3 is 51.4 Å². The summed E-state index contributed by atoms with van der Waals surface area (Å²) < 4.78 is 191. The minimum absolute atomic E-state index is 0. The molecule has 31 heteroatoms. The molecule has 2 aliphatic heterocycles. The standard InChI is InChI=1S/C16H30O23S4.4Na/c1-29-5-7-9(30-2)11(31-3)13(38-42(23,24)25)16(35-7)36-10-8(6-33-40(17,18)19)34-15(32-4)14(39-43(26,27)28)12(10)37-41(20,21)22;;;;/h7-16H,5-6H2,1-4H3,(H,17,18,19)(H,20,21,22)(H,23,24,25)(H,26,27,28);;;;/q;4*+1/p-4/t7-,8-,9+,10-,11+,12+,13-,14-,15-,16-;;;;/m1..../s1. The SMILES string of the molecule is COC[C@H]1O[C@H](O[C@H]2[C@H](OS(=O)(=O)[O-])[C@@H](OS(=O)(=O)[O-])[C@H](OC)O[C@@H]2COS(=O)(=O)[O-])[C@H](OS(=O)(=O)[O-])[C@@H](OC)[C@H]1OC.[Na+].[Na+].[Na+].[Na+]. The van der Waals surface area contributed by atoms with E-state index in [1.807, 2.05) is 0 Å². The van der Waals surface area contributed by atoms with Gasteiger partial charge in [-0.25, -0.2) is 33.7 Å². The molecule has 0 spiro atoms. The minimum atomic E-state index is -5.90. The Kier molecular flexibility index (Phi) is 26.9. The van der Waals surface area contributed by atoms with Crippen LogP contribution in [0.4, 0.5) is 0 Å². The van der Waals surface area contributed by atoms with Crippen LogP contribution in [0.5, 0.6) is 0 Å². The Morgan fingerprint density at radius 2 is 0.894 bits per heavy atom. The van der Waals surface area contributed by atoms with Crippen molar-refractivity contribution in [3.8, 4) is 0 Å². The second-order valence-electron chi connectivity index (χ2n) is 8.38. The van der Waals surface area contributed by atoms with E-state index in [1.54, 1.807) is 0 Å². The van der Waals surface area contributed by atoms with E-state index in [9.17, 15) is 51.9 Å². The third kappa shape index (κ3) is 18.4. The van der Waals surface area contributed by atoms with Gasteiger partial charge in [-0.1, -0.05) is 0 Å². The molecule has 0 saturated carbocycles. The first-order chi connectivity index (χ1) is 19.6. The smallest absolute Gasteiger partial charge is 0.726 e. The van der Waals surface area contributed by atoms with Crippen molar-refractivity contribution in [3.05, 3.63) is 0 Å². The fraction of sp³-hybridized carbons (Fsp3) is 1.00. The van der Waals surface area contributed by atoms with E-state index in [1.165, 1.54) is 7.11 Å². The number of hydrogen-bond acceptors (Lipinski definition) is 23. The van der Waals surface area contributed by atoms with E-state index < -0.39 is 110 Å². The van der Waals surface area contributed by atoms with Crippen molar-refractivity contribution in [2.75, 3.05) is 41.7 Å². The van der Waals surface area contributed by atoms with E-state index in [0.29, 0.717) is 0 Å². The van der Waals surface area contributed by atoms with Gasteiger partial charge in [0.15, 0.2) is 24.8 Å². The van der Waals surface area contributed by atoms with Gasteiger partial charge in [-0.2, -0.15) is 0 Å². The Labute approximate surface area is 359 Å². The summed E-state index contributed by atoms with van der Waals surface area (Å²) >= 11 is 0. The molecule has 2 heterocycles. The largest absolute Gasteiger partial charge is 1.00 e. The second kappa shape index (κ2) is 23.2. The van der Waals surface area contributed by atoms with Gasteiger partial charge in [0.1, 0.15) is 36.6 Å². The van der Waals surface area contributed by atoms with Crippen molar-refractivity contribution in [3.63, 3.8) is 0 Å². The summed E-state index contributed by atoms with van der Waals surface area (Å²) in [5.74, 6) is 0. The van der Waals surface area contributed by atoms with Crippen LogP contribution in [0.2, 0.25) is 0 Å². The summed E-state index contributed by atoms with van der Waals surface area (Å²) in [4.78, 5) is 0. The Bertz CT molecular complexity index is 1350. The molecule has 0 aromatic carbocycles. The molecule has 0 aromatic rings. The molecule has 0 N–H and O–H groups in total. The summed E-state index contributed by atoms with van der Waals surface area (Å²) in [6.07, 6.45) is -20.3. The summed E-state index contributed by atoms with van der Waals surface area (Å²) in [5, 5.41) is 0. The van der Waals surface area contributed by atoms with E-state index >= 15 is 0 Å². The van der Waals surface area contributed by atoms with Crippen LogP contribution in [-0.2, 0) is 91.5 Å². The Morgan fingerprint density at radius 3 is 1.28 bits per heavy atom. The van der Waals surface area contributed by atoms with Gasteiger partial charge in [-0.15, -0.1) is 0 Å². The average Bonchev–Trinajstić information content (AvgIpc) is 2.83. The fourth-order valence-corrected chi connectivity index (χ4v) is 5.97. The molecule has 2 rings (SSSR count). The molecule has 0 unspecified atom stereocenters. The zero-order valence-corrected chi connectivity index (χ0v) is 37.5. The van der Waals surface area contributed by atoms with Crippen LogP contribution in [0.1, 0.15) is 0 Å². The first-order valence-corrected chi connectivity index (χ1v) is 16.5. The van der Waals surface area contributed by atoms with Gasteiger partial charge in [0.05, 0.1) is 13.2 Å². The zero-order valence-electron chi connectivity index (χ0n) is 26.2. The molecule has 0 radical (unpaired) electrons. The fourth-order valence-electron chi connectivity index (χ4n) is 4.24. The second-order valence-corrected chi connectivity index (χ2v) is 12.5. The maximum Gasteiger partial charge on any atom is 1.00 e. The maximum atomic E-state index is 11.6. The van der Waals surface area contributed by atoms with Gasteiger partial charge in [-0.05, 0) is 0 Å². The van der Waals surface area contributed by atoms with Crippen LogP contribution < -0.4 is 118 Å². The average molecular weight is 807 g/mol. The maximum absolute atomic E-state index is 11.6. The molecule has 23 nitrogen and oxygen atoms in total. The predicted octanol–water partition coefficient (Wildman–Crippen LogP) is -16.8. The first kappa shape index (κ1) is 54.5. The number of hydrogen-bond donors (Lipinski definition) is 0. The van der Waals surface area contributed by atoms with Crippen LogP contribution in [-0.4, -0.2) is 155 Å². The van der Waals surface area contributed by atoms with Crippen molar-refractivity contribution in [2.45, 2.75) is 61.4 Å². The number of ether oxygens (including phenoxy) is 7. The molecule has 47 heavy (non-hydrogen) atoms. The van der Waals surface area contributed by atoms with Crippen molar-refractivity contribution in [1.29, 1.82) is 0 Å². The quantitative estimate of drug-likeness (QED) is 0.0794. The van der Waals surface area contributed by atoms with Crippen LogP contribution in [0.3, 0.4) is 0 Å². The zero-order chi connectivity index (χ0) is 33.0. The van der Waals surface area contributed by atoms with Crippen molar-refractivity contribution in [1.82, 2.24) is 0 Å². The molecule has 10 atom stereocenters. The molecule has 0 aromatic heterocycles. The third-order valence-corrected chi connectivity index (χ3v) is 7.44. The molecule has 0 amide bonds. The van der Waals surface area contributed by atoms with Crippen LogP contribution in [0.15, 0.2) is 0 Å². The van der Waals surface area contributed by atoms with Gasteiger partial charge in [0.2, 0.25) is 41.6 Å². The molecule has 0 bridgehead atoms. The minimum Gasteiger partial charge on any atom is -0.726 e. The van der Waals surface area contributed by atoms with E-state index in [2.05, 4.69) is 16.7 Å². The van der Waals surface area contributed by atoms with Crippen molar-refractivity contribution >= 4 is 41.6 Å².